The maximum absolute atomic E-state index is 12.8. The molecule has 0 bridgehead atoms. The number of hydrogen-bond acceptors (Lipinski definition) is 7. The molecule has 1 N–H and O–H groups in total. The number of aliphatic hydroxyl groups is 1. The van der Waals surface area contributed by atoms with E-state index in [1.807, 2.05) is 35.2 Å². The fraction of sp³-hybridized carbons (Fsp3) is 0.593. The van der Waals surface area contributed by atoms with Gasteiger partial charge in [-0.3, -0.25) is 14.2 Å². The van der Waals surface area contributed by atoms with Crippen molar-refractivity contribution in [1.29, 1.82) is 0 Å². The number of nitrogens with zero attached hydrogens (tertiary/aromatic N) is 5. The van der Waals surface area contributed by atoms with Crippen molar-refractivity contribution in [3.05, 3.63) is 58.6 Å². The highest BCUT2D eigenvalue weighted by atomic mass is 16.5. The molecule has 194 valence electrons. The standard InChI is InChI=1S/C27H37N5O4/c1-21(22-6-4-3-5-7-22)14-24(33)30-10-8-26(35,9-11-30)16-32-20-28-23(15-25(32)34)31-18-27(19-31)17-29(2)12-13-36-27/h3-7,15,20-21,35H,8-14,16-19H2,1-2H3. The normalized spacial score (nSPS) is 22.3. The van der Waals surface area contributed by atoms with E-state index in [0.29, 0.717) is 38.2 Å². The monoisotopic (exact) mass is 495 g/mol. The van der Waals surface area contributed by atoms with Gasteiger partial charge in [0.1, 0.15) is 11.4 Å². The van der Waals surface area contributed by atoms with Crippen molar-refractivity contribution in [2.24, 2.45) is 0 Å². The predicted octanol–water partition coefficient (Wildman–Crippen LogP) is 1.31. The Labute approximate surface area is 212 Å². The second kappa shape index (κ2) is 9.95. The first-order chi connectivity index (χ1) is 17.2. The predicted molar refractivity (Wildman–Crippen MR) is 137 cm³/mol. The molecule has 4 heterocycles. The van der Waals surface area contributed by atoms with Crippen molar-refractivity contribution in [1.82, 2.24) is 19.4 Å². The zero-order valence-corrected chi connectivity index (χ0v) is 21.3. The lowest BCUT2D eigenvalue weighted by Crippen LogP contribution is -2.70. The number of morpholine rings is 1. The van der Waals surface area contributed by atoms with Crippen LogP contribution < -0.4 is 10.5 Å². The van der Waals surface area contributed by atoms with E-state index < -0.39 is 5.60 Å². The quantitative estimate of drug-likeness (QED) is 0.646. The van der Waals surface area contributed by atoms with E-state index in [4.69, 9.17) is 4.74 Å². The number of rotatable bonds is 6. The number of carbonyl (C=O) groups excluding carboxylic acids is 1. The summed E-state index contributed by atoms with van der Waals surface area (Å²) in [5.41, 5.74) is -0.216. The summed E-state index contributed by atoms with van der Waals surface area (Å²) >= 11 is 0. The Morgan fingerprint density at radius 1 is 1.14 bits per heavy atom. The third kappa shape index (κ3) is 5.33. The number of carbonyl (C=O) groups is 1. The Morgan fingerprint density at radius 2 is 1.86 bits per heavy atom. The number of likely N-dealkylation sites (tertiary alicyclic amines) is 1. The Bertz CT molecular complexity index is 1120. The van der Waals surface area contributed by atoms with E-state index in [2.05, 4.69) is 28.8 Å². The van der Waals surface area contributed by atoms with Gasteiger partial charge in [-0.1, -0.05) is 37.3 Å². The molecule has 2 aromatic rings. The molecule has 3 aliphatic heterocycles. The number of likely N-dealkylation sites (N-methyl/N-ethyl adjacent to an activating group) is 1. The molecular weight excluding hydrogens is 458 g/mol. The van der Waals surface area contributed by atoms with E-state index in [1.165, 1.54) is 10.9 Å². The molecular formula is C27H37N5O4. The molecule has 3 fully saturated rings. The van der Waals surface area contributed by atoms with Gasteiger partial charge < -0.3 is 24.5 Å². The molecule has 36 heavy (non-hydrogen) atoms. The van der Waals surface area contributed by atoms with Gasteiger partial charge in [0.25, 0.3) is 5.56 Å². The Balaban J connectivity index is 1.13. The average molecular weight is 496 g/mol. The molecule has 1 aromatic heterocycles. The average Bonchev–Trinajstić information content (AvgIpc) is 2.84. The van der Waals surface area contributed by atoms with Crippen LogP contribution in [0.3, 0.4) is 0 Å². The second-order valence-electron chi connectivity index (χ2n) is 11.0. The summed E-state index contributed by atoms with van der Waals surface area (Å²) < 4.78 is 7.49. The number of hydrogen-bond donors (Lipinski definition) is 1. The van der Waals surface area contributed by atoms with Crippen molar-refractivity contribution in [3.8, 4) is 0 Å². The number of aromatic nitrogens is 2. The summed E-state index contributed by atoms with van der Waals surface area (Å²) in [5, 5.41) is 11.2. The van der Waals surface area contributed by atoms with E-state index in [0.717, 1.165) is 38.3 Å². The van der Waals surface area contributed by atoms with E-state index >= 15 is 0 Å². The van der Waals surface area contributed by atoms with E-state index in [9.17, 15) is 14.7 Å². The van der Waals surface area contributed by atoms with Gasteiger partial charge in [-0.05, 0) is 31.4 Å². The first-order valence-electron chi connectivity index (χ1n) is 12.9. The highest BCUT2D eigenvalue weighted by Crippen LogP contribution is 2.31. The number of ether oxygens (including phenoxy) is 1. The molecule has 1 unspecified atom stereocenters. The van der Waals surface area contributed by atoms with Crippen LogP contribution >= 0.6 is 0 Å². The SMILES string of the molecule is CC(CC(=O)N1CCC(O)(Cn2cnc(N3CC4(CN(C)CCO4)C3)cc2=O)CC1)c1ccccc1. The summed E-state index contributed by atoms with van der Waals surface area (Å²) in [6.07, 6.45) is 2.86. The summed E-state index contributed by atoms with van der Waals surface area (Å²) in [6, 6.07) is 11.6. The maximum atomic E-state index is 12.8. The van der Waals surface area contributed by atoms with Gasteiger partial charge in [-0.15, -0.1) is 0 Å². The molecule has 1 aromatic carbocycles. The van der Waals surface area contributed by atoms with Gasteiger partial charge in [0.15, 0.2) is 0 Å². The number of anilines is 1. The minimum absolute atomic E-state index is 0.108. The van der Waals surface area contributed by atoms with Crippen LogP contribution in [0.5, 0.6) is 0 Å². The van der Waals surface area contributed by atoms with Crippen molar-refractivity contribution < 1.29 is 14.6 Å². The molecule has 0 aliphatic carbocycles. The van der Waals surface area contributed by atoms with Crippen LogP contribution in [0.25, 0.3) is 0 Å². The molecule has 3 saturated heterocycles. The number of amides is 1. The van der Waals surface area contributed by atoms with Crippen molar-refractivity contribution in [2.45, 2.75) is 49.9 Å². The summed E-state index contributed by atoms with van der Waals surface area (Å²) in [7, 11) is 2.10. The Kier molecular flexibility index (Phi) is 6.89. The van der Waals surface area contributed by atoms with Crippen LogP contribution in [0.2, 0.25) is 0 Å². The van der Waals surface area contributed by atoms with E-state index in [-0.39, 0.29) is 29.5 Å². The van der Waals surface area contributed by atoms with Gasteiger partial charge in [0.05, 0.1) is 38.2 Å². The van der Waals surface area contributed by atoms with Gasteiger partial charge >= 0.3 is 0 Å². The Hall–Kier alpha value is -2.75. The molecule has 3 aliphatic rings. The zero-order valence-electron chi connectivity index (χ0n) is 21.3. The first-order valence-corrected chi connectivity index (χ1v) is 12.9. The molecule has 1 spiro atoms. The summed E-state index contributed by atoms with van der Waals surface area (Å²) in [5.74, 6) is 0.908. The number of benzene rings is 1. The van der Waals surface area contributed by atoms with Crippen molar-refractivity contribution in [3.63, 3.8) is 0 Å². The highest BCUT2D eigenvalue weighted by Gasteiger charge is 2.47. The van der Waals surface area contributed by atoms with Crippen LogP contribution in [0, 0.1) is 0 Å². The highest BCUT2D eigenvalue weighted by molar-refractivity contribution is 5.77. The zero-order chi connectivity index (χ0) is 25.3. The summed E-state index contributed by atoms with van der Waals surface area (Å²) in [6.45, 7) is 7.23. The fourth-order valence-electron chi connectivity index (χ4n) is 5.68. The van der Waals surface area contributed by atoms with Gasteiger partial charge in [0, 0.05) is 38.7 Å². The second-order valence-corrected chi connectivity index (χ2v) is 11.0. The van der Waals surface area contributed by atoms with Crippen LogP contribution in [-0.2, 0) is 16.1 Å². The third-order valence-corrected chi connectivity index (χ3v) is 7.95. The smallest absolute Gasteiger partial charge is 0.255 e. The lowest BCUT2D eigenvalue weighted by molar-refractivity contribution is -0.136. The van der Waals surface area contributed by atoms with Crippen LogP contribution in [0.4, 0.5) is 5.82 Å². The van der Waals surface area contributed by atoms with Gasteiger partial charge in [-0.25, -0.2) is 4.98 Å². The molecule has 0 radical (unpaired) electrons. The summed E-state index contributed by atoms with van der Waals surface area (Å²) in [4.78, 5) is 36.3. The molecule has 1 amide bonds. The van der Waals surface area contributed by atoms with Crippen LogP contribution in [-0.4, -0.2) is 94.5 Å². The first kappa shape index (κ1) is 24.9. The molecule has 1 atom stereocenters. The van der Waals surface area contributed by atoms with Crippen molar-refractivity contribution >= 4 is 11.7 Å². The van der Waals surface area contributed by atoms with Crippen molar-refractivity contribution in [2.75, 3.05) is 57.8 Å². The third-order valence-electron chi connectivity index (χ3n) is 7.95. The molecule has 5 rings (SSSR count). The minimum atomic E-state index is -1.03. The molecule has 0 saturated carbocycles. The van der Waals surface area contributed by atoms with Gasteiger partial charge in [-0.2, -0.15) is 0 Å². The topological polar surface area (TPSA) is 91.1 Å². The number of piperidine rings is 1. The van der Waals surface area contributed by atoms with Crippen LogP contribution in [0.15, 0.2) is 47.5 Å². The molecule has 9 heteroatoms. The maximum Gasteiger partial charge on any atom is 0.255 e. The fourth-order valence-corrected chi connectivity index (χ4v) is 5.68. The minimum Gasteiger partial charge on any atom is -0.388 e. The van der Waals surface area contributed by atoms with E-state index in [1.54, 1.807) is 6.07 Å². The lowest BCUT2D eigenvalue weighted by Gasteiger charge is -2.53. The van der Waals surface area contributed by atoms with Gasteiger partial charge in [0.2, 0.25) is 5.91 Å². The van der Waals surface area contributed by atoms with Crippen LogP contribution in [0.1, 0.15) is 37.7 Å². The lowest BCUT2D eigenvalue weighted by atomic mass is 9.90. The molecule has 9 nitrogen and oxygen atoms in total. The Morgan fingerprint density at radius 3 is 2.53 bits per heavy atom. The largest absolute Gasteiger partial charge is 0.388 e.